The quantitative estimate of drug-likeness (QED) is 0.900. The molecule has 3 rings (SSSR count). The van der Waals surface area contributed by atoms with Crippen molar-refractivity contribution in [2.75, 3.05) is 45.9 Å². The lowest BCUT2D eigenvalue weighted by atomic mass is 10.1. The third-order valence-corrected chi connectivity index (χ3v) is 5.33. The Morgan fingerprint density at radius 1 is 1.33 bits per heavy atom. The largest absolute Gasteiger partial charge is 0.378 e. The molecule has 24 heavy (non-hydrogen) atoms. The second-order valence-corrected chi connectivity index (χ2v) is 6.95. The predicted octanol–water partition coefficient (Wildman–Crippen LogP) is 1.92. The van der Waals surface area contributed by atoms with Crippen LogP contribution in [-0.4, -0.2) is 67.7 Å². The van der Waals surface area contributed by atoms with Crippen molar-refractivity contribution in [3.63, 3.8) is 0 Å². The SMILES string of the molecule is CC(c1ccccc1Cl)N1CCN(C(=O)CC2COCCN2)CC1. The van der Waals surface area contributed by atoms with Gasteiger partial charge in [0, 0.05) is 56.3 Å². The lowest BCUT2D eigenvalue weighted by molar-refractivity contribution is -0.134. The van der Waals surface area contributed by atoms with E-state index in [2.05, 4.69) is 23.2 Å². The lowest BCUT2D eigenvalue weighted by Gasteiger charge is -2.39. The van der Waals surface area contributed by atoms with Gasteiger partial charge < -0.3 is 15.0 Å². The number of halogens is 1. The summed E-state index contributed by atoms with van der Waals surface area (Å²) in [6.45, 7) is 7.71. The molecule has 1 aromatic rings. The van der Waals surface area contributed by atoms with Crippen molar-refractivity contribution in [1.82, 2.24) is 15.1 Å². The molecule has 1 N–H and O–H groups in total. The molecule has 0 aromatic heterocycles. The van der Waals surface area contributed by atoms with Crippen molar-refractivity contribution in [3.8, 4) is 0 Å². The Morgan fingerprint density at radius 3 is 2.75 bits per heavy atom. The van der Waals surface area contributed by atoms with Crippen LogP contribution in [0.5, 0.6) is 0 Å². The number of benzene rings is 1. The van der Waals surface area contributed by atoms with E-state index in [1.807, 2.05) is 23.1 Å². The van der Waals surface area contributed by atoms with Gasteiger partial charge in [-0.25, -0.2) is 0 Å². The van der Waals surface area contributed by atoms with Crippen LogP contribution in [0, 0.1) is 0 Å². The molecule has 2 heterocycles. The topological polar surface area (TPSA) is 44.8 Å². The third kappa shape index (κ3) is 4.28. The van der Waals surface area contributed by atoms with E-state index in [9.17, 15) is 4.79 Å². The molecule has 2 aliphatic heterocycles. The standard InChI is InChI=1S/C18H26ClN3O2/c1-14(16-4-2-3-5-17(16)19)21-7-9-22(10-8-21)18(23)12-15-13-24-11-6-20-15/h2-5,14-15,20H,6-13H2,1H3. The van der Waals surface area contributed by atoms with E-state index >= 15 is 0 Å². The number of morpholine rings is 1. The highest BCUT2D eigenvalue weighted by molar-refractivity contribution is 6.31. The van der Waals surface area contributed by atoms with Crippen molar-refractivity contribution in [3.05, 3.63) is 34.9 Å². The number of ether oxygens (including phenoxy) is 1. The summed E-state index contributed by atoms with van der Waals surface area (Å²) in [4.78, 5) is 16.8. The van der Waals surface area contributed by atoms with Crippen LogP contribution in [0.1, 0.15) is 24.9 Å². The van der Waals surface area contributed by atoms with Crippen molar-refractivity contribution in [2.45, 2.75) is 25.4 Å². The Labute approximate surface area is 148 Å². The molecule has 2 fully saturated rings. The molecule has 0 radical (unpaired) electrons. The van der Waals surface area contributed by atoms with Gasteiger partial charge in [-0.3, -0.25) is 9.69 Å². The van der Waals surface area contributed by atoms with Gasteiger partial charge >= 0.3 is 0 Å². The summed E-state index contributed by atoms with van der Waals surface area (Å²) in [6, 6.07) is 8.43. The average Bonchev–Trinajstić information content (AvgIpc) is 2.62. The van der Waals surface area contributed by atoms with E-state index in [1.165, 1.54) is 0 Å². The molecule has 1 aromatic carbocycles. The average molecular weight is 352 g/mol. The number of nitrogens with zero attached hydrogens (tertiary/aromatic N) is 2. The molecular formula is C18H26ClN3O2. The monoisotopic (exact) mass is 351 g/mol. The smallest absolute Gasteiger partial charge is 0.224 e. The normalized spacial score (nSPS) is 23.9. The van der Waals surface area contributed by atoms with Gasteiger partial charge in [-0.05, 0) is 18.6 Å². The Hall–Kier alpha value is -1.14. The first kappa shape index (κ1) is 17.7. The molecule has 0 aliphatic carbocycles. The minimum absolute atomic E-state index is 0.159. The molecule has 6 heteroatoms. The van der Waals surface area contributed by atoms with Crippen molar-refractivity contribution < 1.29 is 9.53 Å². The minimum atomic E-state index is 0.159. The number of hydrogen-bond acceptors (Lipinski definition) is 4. The second-order valence-electron chi connectivity index (χ2n) is 6.54. The maximum atomic E-state index is 12.5. The summed E-state index contributed by atoms with van der Waals surface area (Å²) in [5.41, 5.74) is 1.16. The van der Waals surface area contributed by atoms with Crippen LogP contribution in [0.15, 0.2) is 24.3 Å². The Kier molecular flexibility index (Phi) is 6.11. The molecule has 132 valence electrons. The van der Waals surface area contributed by atoms with Crippen LogP contribution >= 0.6 is 11.6 Å². The number of carbonyl (C=O) groups is 1. The van der Waals surface area contributed by atoms with Gasteiger partial charge in [-0.2, -0.15) is 0 Å². The summed E-state index contributed by atoms with van der Waals surface area (Å²) >= 11 is 6.32. The fraction of sp³-hybridized carbons (Fsp3) is 0.611. The van der Waals surface area contributed by atoms with E-state index in [0.29, 0.717) is 13.0 Å². The third-order valence-electron chi connectivity index (χ3n) is 4.99. The second kappa shape index (κ2) is 8.30. The first-order valence-electron chi connectivity index (χ1n) is 8.72. The van der Waals surface area contributed by atoms with Crippen molar-refractivity contribution >= 4 is 17.5 Å². The number of nitrogens with one attached hydrogen (secondary N) is 1. The maximum Gasteiger partial charge on any atom is 0.224 e. The van der Waals surface area contributed by atoms with Crippen LogP contribution in [0.25, 0.3) is 0 Å². The van der Waals surface area contributed by atoms with E-state index < -0.39 is 0 Å². The first-order chi connectivity index (χ1) is 11.6. The molecule has 0 saturated carbocycles. The fourth-order valence-corrected chi connectivity index (χ4v) is 3.75. The highest BCUT2D eigenvalue weighted by atomic mass is 35.5. The highest BCUT2D eigenvalue weighted by Gasteiger charge is 2.27. The summed E-state index contributed by atoms with van der Waals surface area (Å²) in [7, 11) is 0. The molecule has 2 unspecified atom stereocenters. The van der Waals surface area contributed by atoms with Gasteiger partial charge in [0.2, 0.25) is 5.91 Å². The molecule has 2 atom stereocenters. The van der Waals surface area contributed by atoms with Crippen LogP contribution in [0.2, 0.25) is 5.02 Å². The zero-order chi connectivity index (χ0) is 16.9. The number of rotatable bonds is 4. The van der Waals surface area contributed by atoms with E-state index in [-0.39, 0.29) is 18.0 Å². The molecule has 0 spiro atoms. The van der Waals surface area contributed by atoms with Crippen molar-refractivity contribution in [2.24, 2.45) is 0 Å². The van der Waals surface area contributed by atoms with Gasteiger partial charge in [0.25, 0.3) is 0 Å². The highest BCUT2D eigenvalue weighted by Crippen LogP contribution is 2.27. The summed E-state index contributed by atoms with van der Waals surface area (Å²) in [5, 5.41) is 4.16. The van der Waals surface area contributed by atoms with Gasteiger partial charge in [0.1, 0.15) is 0 Å². The first-order valence-corrected chi connectivity index (χ1v) is 9.10. The van der Waals surface area contributed by atoms with E-state index in [4.69, 9.17) is 16.3 Å². The molecule has 0 bridgehead atoms. The Balaban J connectivity index is 1.50. The summed E-state index contributed by atoms with van der Waals surface area (Å²) in [6.07, 6.45) is 0.528. The molecule has 2 saturated heterocycles. The molecular weight excluding hydrogens is 326 g/mol. The Morgan fingerprint density at radius 2 is 2.08 bits per heavy atom. The fourth-order valence-electron chi connectivity index (χ4n) is 3.46. The summed E-state index contributed by atoms with van der Waals surface area (Å²) in [5.74, 6) is 0.225. The zero-order valence-electron chi connectivity index (χ0n) is 14.2. The maximum absolute atomic E-state index is 12.5. The van der Waals surface area contributed by atoms with Gasteiger partial charge in [0.15, 0.2) is 0 Å². The number of carbonyl (C=O) groups excluding carboxylic acids is 1. The molecule has 5 nitrogen and oxygen atoms in total. The van der Waals surface area contributed by atoms with E-state index in [0.717, 1.165) is 49.9 Å². The summed E-state index contributed by atoms with van der Waals surface area (Å²) < 4.78 is 5.43. The van der Waals surface area contributed by atoms with Crippen molar-refractivity contribution in [1.29, 1.82) is 0 Å². The van der Waals surface area contributed by atoms with Crippen LogP contribution < -0.4 is 5.32 Å². The Bertz CT molecular complexity index is 555. The number of amides is 1. The van der Waals surface area contributed by atoms with Crippen LogP contribution in [0.4, 0.5) is 0 Å². The predicted molar refractivity (Wildman–Crippen MR) is 95.2 cm³/mol. The van der Waals surface area contributed by atoms with E-state index in [1.54, 1.807) is 0 Å². The molecule has 2 aliphatic rings. The minimum Gasteiger partial charge on any atom is -0.378 e. The van der Waals surface area contributed by atoms with Gasteiger partial charge in [-0.1, -0.05) is 29.8 Å². The van der Waals surface area contributed by atoms with Crippen LogP contribution in [-0.2, 0) is 9.53 Å². The van der Waals surface area contributed by atoms with Gasteiger partial charge in [-0.15, -0.1) is 0 Å². The zero-order valence-corrected chi connectivity index (χ0v) is 15.0. The number of piperazine rings is 1. The number of hydrogen-bond donors (Lipinski definition) is 1. The van der Waals surface area contributed by atoms with Crippen LogP contribution in [0.3, 0.4) is 0 Å². The lowest BCUT2D eigenvalue weighted by Crippen LogP contribution is -2.51. The molecule has 1 amide bonds. The van der Waals surface area contributed by atoms with Gasteiger partial charge in [0.05, 0.1) is 13.2 Å².